The lowest BCUT2D eigenvalue weighted by atomic mass is 9.97. The summed E-state index contributed by atoms with van der Waals surface area (Å²) in [7, 11) is 1.46. The molecule has 1 amide bonds. The van der Waals surface area contributed by atoms with E-state index >= 15 is 0 Å². The van der Waals surface area contributed by atoms with Crippen LogP contribution >= 0.6 is 23.2 Å². The molecule has 9 heteroatoms. The molecular formula is C17H13Cl2N3O4. The summed E-state index contributed by atoms with van der Waals surface area (Å²) in [4.78, 5) is 16.1. The number of carbonyl (C=O) groups excluding carboxylic acids is 1. The molecule has 0 saturated carbocycles. The monoisotopic (exact) mass is 393 g/mol. The van der Waals surface area contributed by atoms with E-state index in [-0.39, 0.29) is 32.7 Å². The molecule has 134 valence electrons. The van der Waals surface area contributed by atoms with Gasteiger partial charge in [0.2, 0.25) is 0 Å². The fourth-order valence-corrected chi connectivity index (χ4v) is 3.32. The van der Waals surface area contributed by atoms with Gasteiger partial charge in [0, 0.05) is 23.3 Å². The number of oxime groups is 1. The predicted octanol–water partition coefficient (Wildman–Crippen LogP) is 4.11. The summed E-state index contributed by atoms with van der Waals surface area (Å²) in [5, 5.41) is 13.1. The van der Waals surface area contributed by atoms with E-state index < -0.39 is 5.91 Å². The van der Waals surface area contributed by atoms with Crippen LogP contribution in [0.15, 0.2) is 34.1 Å². The lowest BCUT2D eigenvalue weighted by molar-refractivity contribution is 0.100. The Bertz CT molecular complexity index is 1040. The number of halogens is 2. The lowest BCUT2D eigenvalue weighted by Gasteiger charge is -2.10. The minimum absolute atomic E-state index is 0.0297. The number of benzene rings is 1. The quantitative estimate of drug-likeness (QED) is 0.393. The summed E-state index contributed by atoms with van der Waals surface area (Å²) < 4.78 is 11.1. The predicted molar refractivity (Wildman–Crippen MR) is 98.5 cm³/mol. The Hall–Kier alpha value is -2.77. The summed E-state index contributed by atoms with van der Waals surface area (Å²) in [6.07, 6.45) is 2.87. The van der Waals surface area contributed by atoms with Crippen LogP contribution in [0.2, 0.25) is 10.0 Å². The molecule has 2 aromatic heterocycles. The topological polar surface area (TPSA) is 111 Å². The first-order valence-corrected chi connectivity index (χ1v) is 8.08. The number of rotatable bonds is 4. The first-order valence-electron chi connectivity index (χ1n) is 7.32. The third-order valence-corrected chi connectivity index (χ3v) is 4.44. The van der Waals surface area contributed by atoms with Gasteiger partial charge in [-0.2, -0.15) is 0 Å². The van der Waals surface area contributed by atoms with Gasteiger partial charge in [-0.15, -0.1) is 0 Å². The Morgan fingerprint density at radius 1 is 1.31 bits per heavy atom. The molecule has 0 atom stereocenters. The molecule has 3 rings (SSSR count). The number of furan rings is 1. The number of nitrogens with zero attached hydrogens (tertiary/aromatic N) is 2. The average molecular weight is 394 g/mol. The summed E-state index contributed by atoms with van der Waals surface area (Å²) in [6, 6.07) is 3.33. The van der Waals surface area contributed by atoms with Crippen LogP contribution in [-0.2, 0) is 0 Å². The zero-order valence-corrected chi connectivity index (χ0v) is 15.2. The zero-order chi connectivity index (χ0) is 19.0. The van der Waals surface area contributed by atoms with Crippen LogP contribution in [0, 0.1) is 0 Å². The summed E-state index contributed by atoms with van der Waals surface area (Å²) >= 11 is 12.6. The number of pyridine rings is 1. The van der Waals surface area contributed by atoms with Crippen molar-refractivity contribution in [3.63, 3.8) is 0 Å². The van der Waals surface area contributed by atoms with Gasteiger partial charge in [0.15, 0.2) is 17.1 Å². The highest BCUT2D eigenvalue weighted by Crippen LogP contribution is 2.44. The standard InChI is InChI=1S/C17H13Cl2N3O4/c1-7(22-24)15-14(17(20)23)13-8(3-4-11(25-2)16(13)26-15)12-9(18)5-21-6-10(12)19/h3-6,24H,1-2H3,(H2,20,23). The van der Waals surface area contributed by atoms with Gasteiger partial charge in [-0.1, -0.05) is 28.4 Å². The van der Waals surface area contributed by atoms with Crippen molar-refractivity contribution >= 4 is 45.8 Å². The molecule has 3 aromatic rings. The van der Waals surface area contributed by atoms with Gasteiger partial charge >= 0.3 is 0 Å². The molecule has 0 fully saturated rings. The Labute approximate surface area is 158 Å². The minimum atomic E-state index is -0.766. The van der Waals surface area contributed by atoms with Gasteiger partial charge in [-0.05, 0) is 24.6 Å². The van der Waals surface area contributed by atoms with Crippen LogP contribution in [0.4, 0.5) is 0 Å². The lowest BCUT2D eigenvalue weighted by Crippen LogP contribution is -2.14. The van der Waals surface area contributed by atoms with Crippen LogP contribution in [0.25, 0.3) is 22.1 Å². The number of methoxy groups -OCH3 is 1. The van der Waals surface area contributed by atoms with Crippen LogP contribution < -0.4 is 10.5 Å². The molecule has 0 saturated heterocycles. The average Bonchev–Trinajstić information content (AvgIpc) is 3.02. The van der Waals surface area contributed by atoms with E-state index in [1.165, 1.54) is 26.4 Å². The molecule has 0 aliphatic rings. The molecule has 2 heterocycles. The number of primary amides is 1. The SMILES string of the molecule is COc1ccc(-c2c(Cl)cncc2Cl)c2c(C(N)=O)c(C(C)=NO)oc12. The van der Waals surface area contributed by atoms with Crippen LogP contribution in [-0.4, -0.2) is 28.9 Å². The van der Waals surface area contributed by atoms with Crippen molar-refractivity contribution in [2.24, 2.45) is 10.9 Å². The molecule has 7 nitrogen and oxygen atoms in total. The number of aromatic nitrogens is 1. The van der Waals surface area contributed by atoms with Crippen molar-refractivity contribution in [2.75, 3.05) is 7.11 Å². The second-order valence-corrected chi connectivity index (χ2v) is 6.17. The smallest absolute Gasteiger partial charge is 0.253 e. The number of fused-ring (bicyclic) bond motifs is 1. The van der Waals surface area contributed by atoms with Crippen molar-refractivity contribution in [2.45, 2.75) is 6.92 Å². The molecule has 3 N–H and O–H groups in total. The third kappa shape index (κ3) is 2.75. The molecular weight excluding hydrogens is 381 g/mol. The van der Waals surface area contributed by atoms with E-state index in [4.69, 9.17) is 43.3 Å². The number of hydrogen-bond acceptors (Lipinski definition) is 6. The Kier molecular flexibility index (Phi) is 4.76. The van der Waals surface area contributed by atoms with Crippen molar-refractivity contribution in [3.05, 3.63) is 45.9 Å². The van der Waals surface area contributed by atoms with E-state index in [1.54, 1.807) is 12.1 Å². The normalized spacial score (nSPS) is 11.8. The fraction of sp³-hybridized carbons (Fsp3) is 0.118. The maximum Gasteiger partial charge on any atom is 0.253 e. The summed E-state index contributed by atoms with van der Waals surface area (Å²) in [5.41, 5.74) is 6.91. The van der Waals surface area contributed by atoms with Gasteiger partial charge < -0.3 is 20.1 Å². The molecule has 0 radical (unpaired) electrons. The van der Waals surface area contributed by atoms with E-state index in [1.807, 2.05) is 0 Å². The number of hydrogen-bond donors (Lipinski definition) is 2. The fourth-order valence-electron chi connectivity index (χ4n) is 2.75. The highest BCUT2D eigenvalue weighted by Gasteiger charge is 2.27. The first-order chi connectivity index (χ1) is 12.4. The number of nitrogens with two attached hydrogens (primary N) is 1. The van der Waals surface area contributed by atoms with Crippen molar-refractivity contribution < 1.29 is 19.2 Å². The van der Waals surface area contributed by atoms with E-state index in [9.17, 15) is 4.79 Å². The highest BCUT2D eigenvalue weighted by atomic mass is 35.5. The Morgan fingerprint density at radius 3 is 2.50 bits per heavy atom. The van der Waals surface area contributed by atoms with Crippen molar-refractivity contribution in [1.29, 1.82) is 0 Å². The number of ether oxygens (including phenoxy) is 1. The van der Waals surface area contributed by atoms with Gasteiger partial charge in [-0.25, -0.2) is 0 Å². The Morgan fingerprint density at radius 2 is 1.96 bits per heavy atom. The minimum Gasteiger partial charge on any atom is -0.493 e. The van der Waals surface area contributed by atoms with Crippen molar-refractivity contribution in [3.8, 4) is 16.9 Å². The molecule has 0 unspecified atom stereocenters. The van der Waals surface area contributed by atoms with Gasteiger partial charge in [0.05, 0.1) is 22.7 Å². The van der Waals surface area contributed by atoms with Crippen LogP contribution in [0.3, 0.4) is 0 Å². The molecule has 26 heavy (non-hydrogen) atoms. The molecule has 0 aliphatic heterocycles. The molecule has 1 aromatic carbocycles. The maximum atomic E-state index is 12.2. The largest absolute Gasteiger partial charge is 0.493 e. The summed E-state index contributed by atoms with van der Waals surface area (Å²) in [5.74, 6) is -0.371. The number of amides is 1. The van der Waals surface area contributed by atoms with Gasteiger partial charge in [0.1, 0.15) is 5.71 Å². The zero-order valence-electron chi connectivity index (χ0n) is 13.7. The van der Waals surface area contributed by atoms with Gasteiger partial charge in [-0.3, -0.25) is 9.78 Å². The molecule has 0 aliphatic carbocycles. The molecule has 0 bridgehead atoms. The van der Waals surface area contributed by atoms with Crippen molar-refractivity contribution in [1.82, 2.24) is 4.98 Å². The van der Waals surface area contributed by atoms with Crippen LogP contribution in [0.5, 0.6) is 5.75 Å². The highest BCUT2D eigenvalue weighted by molar-refractivity contribution is 6.39. The first kappa shape index (κ1) is 18.0. The van der Waals surface area contributed by atoms with E-state index in [2.05, 4.69) is 10.1 Å². The Balaban J connectivity index is 2.54. The van der Waals surface area contributed by atoms with Gasteiger partial charge in [0.25, 0.3) is 5.91 Å². The molecule has 0 spiro atoms. The summed E-state index contributed by atoms with van der Waals surface area (Å²) in [6.45, 7) is 1.47. The third-order valence-electron chi connectivity index (χ3n) is 3.87. The van der Waals surface area contributed by atoms with E-state index in [0.717, 1.165) is 0 Å². The number of carbonyl (C=O) groups is 1. The second kappa shape index (κ2) is 6.86. The van der Waals surface area contributed by atoms with Crippen LogP contribution in [0.1, 0.15) is 23.0 Å². The van der Waals surface area contributed by atoms with E-state index in [0.29, 0.717) is 22.3 Å². The second-order valence-electron chi connectivity index (χ2n) is 5.35. The maximum absolute atomic E-state index is 12.2.